The number of carbonyl (C=O) groups excluding carboxylic acids is 1. The third-order valence-corrected chi connectivity index (χ3v) is 6.18. The molecule has 33 heavy (non-hydrogen) atoms. The van der Waals surface area contributed by atoms with Gasteiger partial charge in [0.05, 0.1) is 28.6 Å². The van der Waals surface area contributed by atoms with Crippen molar-refractivity contribution in [2.24, 2.45) is 0 Å². The van der Waals surface area contributed by atoms with Crippen LogP contribution in [0, 0.1) is 0 Å². The summed E-state index contributed by atoms with van der Waals surface area (Å²) in [6.45, 7) is 2.64. The molecule has 1 unspecified atom stereocenters. The van der Waals surface area contributed by atoms with E-state index in [1.165, 1.54) is 11.1 Å². The van der Waals surface area contributed by atoms with E-state index < -0.39 is 11.9 Å². The number of nitrogens with zero attached hydrogens (tertiary/aromatic N) is 2. The zero-order chi connectivity index (χ0) is 23.1. The summed E-state index contributed by atoms with van der Waals surface area (Å²) in [6.07, 6.45) is 2.36. The summed E-state index contributed by atoms with van der Waals surface area (Å²) < 4.78 is 12.4. The molecule has 0 aliphatic carbocycles. The fourth-order valence-corrected chi connectivity index (χ4v) is 4.45. The summed E-state index contributed by atoms with van der Waals surface area (Å²) in [5.41, 5.74) is 1.12. The first-order valence-electron chi connectivity index (χ1n) is 10.4. The average molecular weight is 526 g/mol. The minimum atomic E-state index is -0.707. The molecule has 1 atom stereocenters. The van der Waals surface area contributed by atoms with E-state index in [-0.39, 0.29) is 16.8 Å². The standard InChI is InChI=1S/C25H18BrClN2O4/c1-2-11-32-17-7-3-14(4-8-17)22-21-23(30)18-12-15(26)5-9-19(18)33-24(21)25(31)29(22)20-10-6-16(27)13-28-20/h3-10,12-13,22H,2,11H2,1H3. The lowest BCUT2D eigenvalue weighted by atomic mass is 9.98. The van der Waals surface area contributed by atoms with Gasteiger partial charge in [-0.3, -0.25) is 14.5 Å². The lowest BCUT2D eigenvalue weighted by Crippen LogP contribution is -2.30. The lowest BCUT2D eigenvalue weighted by molar-refractivity contribution is 0.0970. The highest BCUT2D eigenvalue weighted by molar-refractivity contribution is 9.10. The van der Waals surface area contributed by atoms with Gasteiger partial charge in [-0.05, 0) is 54.4 Å². The van der Waals surface area contributed by atoms with Crippen LogP contribution < -0.4 is 15.1 Å². The van der Waals surface area contributed by atoms with Crippen molar-refractivity contribution in [1.82, 2.24) is 4.98 Å². The Bertz CT molecular complexity index is 1420. The topological polar surface area (TPSA) is 72.6 Å². The molecule has 3 heterocycles. The maximum atomic E-state index is 13.6. The Kier molecular flexibility index (Phi) is 5.68. The van der Waals surface area contributed by atoms with Gasteiger partial charge in [-0.1, -0.05) is 46.6 Å². The van der Waals surface area contributed by atoms with Crippen molar-refractivity contribution in [3.8, 4) is 5.75 Å². The molecule has 5 rings (SSSR count). The van der Waals surface area contributed by atoms with Gasteiger partial charge in [0.2, 0.25) is 5.76 Å². The van der Waals surface area contributed by atoms with E-state index in [1.54, 1.807) is 30.3 Å². The number of fused-ring (bicyclic) bond motifs is 2. The summed E-state index contributed by atoms with van der Waals surface area (Å²) in [4.78, 5) is 33.0. The largest absolute Gasteiger partial charge is 0.494 e. The molecule has 1 aliphatic heterocycles. The zero-order valence-electron chi connectivity index (χ0n) is 17.5. The van der Waals surface area contributed by atoms with E-state index in [0.717, 1.165) is 22.2 Å². The third kappa shape index (κ3) is 3.81. The van der Waals surface area contributed by atoms with E-state index in [1.807, 2.05) is 31.2 Å². The molecule has 4 aromatic rings. The van der Waals surface area contributed by atoms with Gasteiger partial charge in [-0.25, -0.2) is 4.98 Å². The smallest absolute Gasteiger partial charge is 0.296 e. The Morgan fingerprint density at radius 3 is 2.61 bits per heavy atom. The van der Waals surface area contributed by atoms with Crippen LogP contribution in [0.3, 0.4) is 0 Å². The molecule has 0 fully saturated rings. The van der Waals surface area contributed by atoms with Crippen molar-refractivity contribution in [3.63, 3.8) is 0 Å². The molecule has 1 amide bonds. The van der Waals surface area contributed by atoms with E-state index in [9.17, 15) is 9.59 Å². The highest BCUT2D eigenvalue weighted by Crippen LogP contribution is 2.41. The second-order valence-electron chi connectivity index (χ2n) is 7.64. The van der Waals surface area contributed by atoms with Crippen LogP contribution in [0.2, 0.25) is 5.02 Å². The molecule has 8 heteroatoms. The maximum absolute atomic E-state index is 13.6. The van der Waals surface area contributed by atoms with Crippen LogP contribution in [-0.2, 0) is 0 Å². The first-order chi connectivity index (χ1) is 16.0. The molecular formula is C25H18BrClN2O4. The number of anilines is 1. The minimum absolute atomic E-state index is 0.0166. The number of carbonyl (C=O) groups is 1. The predicted octanol–water partition coefficient (Wildman–Crippen LogP) is 6.14. The van der Waals surface area contributed by atoms with Crippen molar-refractivity contribution >= 4 is 50.2 Å². The van der Waals surface area contributed by atoms with Crippen molar-refractivity contribution < 1.29 is 13.9 Å². The van der Waals surface area contributed by atoms with E-state index in [0.29, 0.717) is 28.4 Å². The fourth-order valence-electron chi connectivity index (χ4n) is 3.97. The molecule has 1 aliphatic rings. The van der Waals surface area contributed by atoms with E-state index in [4.69, 9.17) is 20.8 Å². The highest BCUT2D eigenvalue weighted by Gasteiger charge is 2.44. The van der Waals surface area contributed by atoms with Gasteiger partial charge in [-0.2, -0.15) is 0 Å². The molecule has 0 saturated carbocycles. The lowest BCUT2D eigenvalue weighted by Gasteiger charge is -2.24. The zero-order valence-corrected chi connectivity index (χ0v) is 19.9. The van der Waals surface area contributed by atoms with Gasteiger partial charge in [0, 0.05) is 10.7 Å². The first-order valence-corrected chi connectivity index (χ1v) is 11.6. The molecular weight excluding hydrogens is 508 g/mol. The Morgan fingerprint density at radius 1 is 1.12 bits per heavy atom. The Hall–Kier alpha value is -3.16. The predicted molar refractivity (Wildman–Crippen MR) is 130 cm³/mol. The van der Waals surface area contributed by atoms with Crippen molar-refractivity contribution in [2.45, 2.75) is 19.4 Å². The number of pyridine rings is 1. The van der Waals surface area contributed by atoms with Crippen LogP contribution in [0.1, 0.15) is 41.1 Å². The minimum Gasteiger partial charge on any atom is -0.494 e. The van der Waals surface area contributed by atoms with Gasteiger partial charge in [0.15, 0.2) is 5.43 Å². The Labute approximate surface area is 202 Å². The van der Waals surface area contributed by atoms with Crippen molar-refractivity contribution in [2.75, 3.05) is 11.5 Å². The highest BCUT2D eigenvalue weighted by atomic mass is 79.9. The summed E-state index contributed by atoms with van der Waals surface area (Å²) in [7, 11) is 0. The molecule has 0 radical (unpaired) electrons. The molecule has 2 aromatic carbocycles. The van der Waals surface area contributed by atoms with E-state index in [2.05, 4.69) is 20.9 Å². The average Bonchev–Trinajstić information content (AvgIpc) is 3.11. The quantitative estimate of drug-likeness (QED) is 0.313. The number of hydrogen-bond acceptors (Lipinski definition) is 5. The fraction of sp³-hybridized carbons (Fsp3) is 0.160. The first kappa shape index (κ1) is 21.7. The summed E-state index contributed by atoms with van der Waals surface area (Å²) in [5, 5.41) is 0.844. The number of benzene rings is 2. The van der Waals surface area contributed by atoms with Gasteiger partial charge in [0.25, 0.3) is 5.91 Å². The number of amides is 1. The van der Waals surface area contributed by atoms with Crippen LogP contribution in [0.15, 0.2) is 74.5 Å². The van der Waals surface area contributed by atoms with Gasteiger partial charge in [-0.15, -0.1) is 0 Å². The van der Waals surface area contributed by atoms with Crippen molar-refractivity contribution in [1.29, 1.82) is 0 Å². The SMILES string of the molecule is CCCOc1ccc(C2c3c(oc4ccc(Br)cc4c3=O)C(=O)N2c2ccc(Cl)cn2)cc1. The summed E-state index contributed by atoms with van der Waals surface area (Å²) >= 11 is 9.42. The van der Waals surface area contributed by atoms with Gasteiger partial charge >= 0.3 is 0 Å². The Morgan fingerprint density at radius 2 is 1.91 bits per heavy atom. The Balaban J connectivity index is 1.72. The monoisotopic (exact) mass is 524 g/mol. The molecule has 0 spiro atoms. The van der Waals surface area contributed by atoms with Crippen LogP contribution in [-0.4, -0.2) is 17.5 Å². The summed E-state index contributed by atoms with van der Waals surface area (Å²) in [5.74, 6) is 0.675. The van der Waals surface area contributed by atoms with Crippen molar-refractivity contribution in [3.05, 3.63) is 97.4 Å². The number of aromatic nitrogens is 1. The second-order valence-corrected chi connectivity index (χ2v) is 9.00. The number of halogens is 2. The molecule has 2 aromatic heterocycles. The second kappa shape index (κ2) is 8.65. The van der Waals surface area contributed by atoms with Crippen LogP contribution in [0.4, 0.5) is 5.82 Å². The normalized spacial score (nSPS) is 15.2. The molecule has 0 saturated heterocycles. The van der Waals surface area contributed by atoms with Gasteiger partial charge < -0.3 is 9.15 Å². The van der Waals surface area contributed by atoms with Crippen LogP contribution in [0.5, 0.6) is 5.75 Å². The summed E-state index contributed by atoms with van der Waals surface area (Å²) in [6, 6.07) is 15.1. The number of rotatable bonds is 5. The molecule has 0 N–H and O–H groups in total. The molecule has 0 bridgehead atoms. The van der Waals surface area contributed by atoms with Crippen LogP contribution in [0.25, 0.3) is 11.0 Å². The van der Waals surface area contributed by atoms with Crippen LogP contribution >= 0.6 is 27.5 Å². The maximum Gasteiger partial charge on any atom is 0.296 e. The van der Waals surface area contributed by atoms with E-state index >= 15 is 0 Å². The number of ether oxygens (including phenoxy) is 1. The number of hydrogen-bond donors (Lipinski definition) is 0. The molecule has 6 nitrogen and oxygen atoms in total. The third-order valence-electron chi connectivity index (χ3n) is 5.46. The van der Waals surface area contributed by atoms with Gasteiger partial charge in [0.1, 0.15) is 17.2 Å². The molecule has 166 valence electrons.